The summed E-state index contributed by atoms with van der Waals surface area (Å²) in [5.41, 5.74) is 1.35. The number of hydrogen-bond donors (Lipinski definition) is 2. The lowest BCUT2D eigenvalue weighted by Gasteiger charge is -2.09. The number of carboxylic acids is 1. The van der Waals surface area contributed by atoms with Crippen LogP contribution in [0.15, 0.2) is 53.4 Å². The maximum absolute atomic E-state index is 12.3. The van der Waals surface area contributed by atoms with E-state index < -0.39 is 16.0 Å². The lowest BCUT2D eigenvalue weighted by atomic mass is 10.2. The van der Waals surface area contributed by atoms with Crippen molar-refractivity contribution in [3.05, 3.63) is 59.7 Å². The minimum Gasteiger partial charge on any atom is -0.478 e. The highest BCUT2D eigenvalue weighted by atomic mass is 32.2. The van der Waals surface area contributed by atoms with E-state index in [1.54, 1.807) is 12.1 Å². The Bertz CT molecular complexity index is 751. The molecule has 0 aliphatic heterocycles. The topological polar surface area (TPSA) is 83.5 Å². The first-order chi connectivity index (χ1) is 9.92. The van der Waals surface area contributed by atoms with E-state index in [1.165, 1.54) is 30.3 Å². The molecule has 0 saturated carbocycles. The zero-order valence-corrected chi connectivity index (χ0v) is 12.2. The molecule has 0 aliphatic carbocycles. The van der Waals surface area contributed by atoms with Crippen LogP contribution in [0.3, 0.4) is 0 Å². The Morgan fingerprint density at radius 2 is 1.81 bits per heavy atom. The van der Waals surface area contributed by atoms with Crippen LogP contribution in [0.1, 0.15) is 22.8 Å². The van der Waals surface area contributed by atoms with Crippen molar-refractivity contribution in [2.45, 2.75) is 18.2 Å². The van der Waals surface area contributed by atoms with Crippen LogP contribution in [-0.2, 0) is 16.4 Å². The third kappa shape index (κ3) is 3.61. The molecule has 0 fully saturated rings. The van der Waals surface area contributed by atoms with Gasteiger partial charge in [0.2, 0.25) is 0 Å². The van der Waals surface area contributed by atoms with Gasteiger partial charge >= 0.3 is 5.97 Å². The summed E-state index contributed by atoms with van der Waals surface area (Å²) in [5.74, 6) is -1.06. The molecule has 110 valence electrons. The maximum atomic E-state index is 12.3. The van der Waals surface area contributed by atoms with Crippen molar-refractivity contribution < 1.29 is 18.3 Å². The third-order valence-corrected chi connectivity index (χ3v) is 4.38. The summed E-state index contributed by atoms with van der Waals surface area (Å²) in [6.07, 6.45) is 0.747. The second-order valence-electron chi connectivity index (χ2n) is 4.49. The average molecular weight is 305 g/mol. The smallest absolute Gasteiger partial charge is 0.335 e. The summed E-state index contributed by atoms with van der Waals surface area (Å²) >= 11 is 0. The van der Waals surface area contributed by atoms with Crippen molar-refractivity contribution in [3.63, 3.8) is 0 Å². The molecule has 0 amide bonds. The number of aromatic carboxylic acids is 1. The number of sulfonamides is 1. The summed E-state index contributed by atoms with van der Waals surface area (Å²) in [6, 6.07) is 12.2. The molecule has 2 rings (SSSR count). The lowest BCUT2D eigenvalue weighted by Crippen LogP contribution is -2.13. The fourth-order valence-electron chi connectivity index (χ4n) is 1.83. The Labute approximate surface area is 123 Å². The summed E-state index contributed by atoms with van der Waals surface area (Å²) in [5, 5.41) is 8.81. The highest BCUT2D eigenvalue weighted by Gasteiger charge is 2.14. The molecule has 0 spiro atoms. The number of hydrogen-bond acceptors (Lipinski definition) is 3. The number of carboxylic acid groups (broad SMARTS) is 1. The maximum Gasteiger partial charge on any atom is 0.335 e. The van der Waals surface area contributed by atoms with Crippen molar-refractivity contribution in [2.75, 3.05) is 4.72 Å². The molecule has 0 atom stereocenters. The largest absolute Gasteiger partial charge is 0.478 e. The first-order valence-electron chi connectivity index (χ1n) is 6.37. The summed E-state index contributed by atoms with van der Waals surface area (Å²) in [6.45, 7) is 1.95. The van der Waals surface area contributed by atoms with Gasteiger partial charge in [0.25, 0.3) is 10.0 Å². The molecule has 6 heteroatoms. The van der Waals surface area contributed by atoms with Gasteiger partial charge in [-0.2, -0.15) is 0 Å². The van der Waals surface area contributed by atoms with E-state index in [0.29, 0.717) is 5.69 Å². The van der Waals surface area contributed by atoms with Crippen molar-refractivity contribution in [3.8, 4) is 0 Å². The van der Waals surface area contributed by atoms with Gasteiger partial charge in [0, 0.05) is 5.69 Å². The first kappa shape index (κ1) is 15.1. The van der Waals surface area contributed by atoms with Crippen molar-refractivity contribution in [2.24, 2.45) is 0 Å². The van der Waals surface area contributed by atoms with Gasteiger partial charge in [-0.15, -0.1) is 0 Å². The summed E-state index contributed by atoms with van der Waals surface area (Å²) in [4.78, 5) is 10.9. The van der Waals surface area contributed by atoms with Crippen LogP contribution in [-0.4, -0.2) is 19.5 Å². The van der Waals surface area contributed by atoms with Crippen LogP contribution in [0.2, 0.25) is 0 Å². The Balaban J connectivity index is 2.26. The zero-order chi connectivity index (χ0) is 15.5. The second-order valence-corrected chi connectivity index (χ2v) is 6.17. The minimum atomic E-state index is -3.68. The number of anilines is 1. The second kappa shape index (κ2) is 5.97. The SMILES string of the molecule is CCc1cccc(S(=O)(=O)Nc2ccc(C(=O)O)cc2)c1. The van der Waals surface area contributed by atoms with Gasteiger partial charge in [-0.1, -0.05) is 19.1 Å². The standard InChI is InChI=1S/C15H15NO4S/c1-2-11-4-3-5-14(10-11)21(19,20)16-13-8-6-12(7-9-13)15(17)18/h3-10,16H,2H2,1H3,(H,17,18). The number of nitrogens with one attached hydrogen (secondary N) is 1. The fraction of sp³-hybridized carbons (Fsp3) is 0.133. The van der Waals surface area contributed by atoms with Crippen LogP contribution in [0.4, 0.5) is 5.69 Å². The van der Waals surface area contributed by atoms with Gasteiger partial charge in [-0.05, 0) is 48.4 Å². The normalized spacial score (nSPS) is 11.1. The van der Waals surface area contributed by atoms with E-state index in [1.807, 2.05) is 13.0 Å². The molecule has 0 bridgehead atoms. The van der Waals surface area contributed by atoms with Gasteiger partial charge in [-0.3, -0.25) is 4.72 Å². The van der Waals surface area contributed by atoms with E-state index >= 15 is 0 Å². The average Bonchev–Trinajstić information content (AvgIpc) is 2.47. The molecular formula is C15H15NO4S. The van der Waals surface area contributed by atoms with Crippen LogP contribution >= 0.6 is 0 Å². The molecule has 21 heavy (non-hydrogen) atoms. The summed E-state index contributed by atoms with van der Waals surface area (Å²) in [7, 11) is -3.68. The Morgan fingerprint density at radius 1 is 1.14 bits per heavy atom. The Hall–Kier alpha value is -2.34. The van der Waals surface area contributed by atoms with Gasteiger partial charge in [-0.25, -0.2) is 13.2 Å². The molecule has 5 nitrogen and oxygen atoms in total. The van der Waals surface area contributed by atoms with Gasteiger partial charge < -0.3 is 5.11 Å². The highest BCUT2D eigenvalue weighted by molar-refractivity contribution is 7.92. The van der Waals surface area contributed by atoms with E-state index in [4.69, 9.17) is 5.11 Å². The van der Waals surface area contributed by atoms with E-state index in [9.17, 15) is 13.2 Å². The van der Waals surface area contributed by atoms with Crippen LogP contribution in [0.25, 0.3) is 0 Å². The first-order valence-corrected chi connectivity index (χ1v) is 7.86. The monoisotopic (exact) mass is 305 g/mol. The predicted octanol–water partition coefficient (Wildman–Crippen LogP) is 2.75. The molecule has 0 heterocycles. The molecule has 2 aromatic carbocycles. The van der Waals surface area contributed by atoms with Crippen molar-refractivity contribution in [1.82, 2.24) is 0 Å². The number of rotatable bonds is 5. The molecule has 0 radical (unpaired) electrons. The number of benzene rings is 2. The van der Waals surface area contributed by atoms with Gasteiger partial charge in [0.15, 0.2) is 0 Å². The number of carbonyl (C=O) groups is 1. The molecule has 2 aromatic rings. The van der Waals surface area contributed by atoms with Crippen molar-refractivity contribution in [1.29, 1.82) is 0 Å². The molecular weight excluding hydrogens is 290 g/mol. The molecule has 0 aliphatic rings. The summed E-state index contributed by atoms with van der Waals surface area (Å²) < 4.78 is 27.0. The molecule has 0 unspecified atom stereocenters. The molecule has 0 saturated heterocycles. The third-order valence-electron chi connectivity index (χ3n) is 3.00. The van der Waals surface area contributed by atoms with E-state index in [0.717, 1.165) is 12.0 Å². The van der Waals surface area contributed by atoms with E-state index in [2.05, 4.69) is 4.72 Å². The predicted molar refractivity (Wildman–Crippen MR) is 80.0 cm³/mol. The lowest BCUT2D eigenvalue weighted by molar-refractivity contribution is 0.0697. The van der Waals surface area contributed by atoms with Crippen molar-refractivity contribution >= 4 is 21.7 Å². The zero-order valence-electron chi connectivity index (χ0n) is 11.4. The quantitative estimate of drug-likeness (QED) is 0.889. The fourth-order valence-corrected chi connectivity index (χ4v) is 2.96. The highest BCUT2D eigenvalue weighted by Crippen LogP contribution is 2.18. The van der Waals surface area contributed by atoms with Crippen LogP contribution in [0.5, 0.6) is 0 Å². The Kier molecular flexibility index (Phi) is 4.28. The van der Waals surface area contributed by atoms with Gasteiger partial charge in [0.1, 0.15) is 0 Å². The van der Waals surface area contributed by atoms with Crippen LogP contribution < -0.4 is 4.72 Å². The van der Waals surface area contributed by atoms with Gasteiger partial charge in [0.05, 0.1) is 10.5 Å². The number of aryl methyl sites for hydroxylation is 1. The molecule has 2 N–H and O–H groups in total. The minimum absolute atomic E-state index is 0.103. The van der Waals surface area contributed by atoms with E-state index in [-0.39, 0.29) is 10.5 Å². The molecule has 0 aromatic heterocycles. The Morgan fingerprint density at radius 3 is 2.38 bits per heavy atom. The van der Waals surface area contributed by atoms with Crippen LogP contribution in [0, 0.1) is 0 Å².